The fourth-order valence-corrected chi connectivity index (χ4v) is 6.36. The molecule has 1 aromatic heterocycles. The molecule has 0 amide bonds. The van der Waals surface area contributed by atoms with Crippen molar-refractivity contribution in [3.8, 4) is 6.07 Å². The lowest BCUT2D eigenvalue weighted by Gasteiger charge is -2.41. The van der Waals surface area contributed by atoms with E-state index in [1.54, 1.807) is 24.4 Å². The topological polar surface area (TPSA) is 61.2 Å². The zero-order chi connectivity index (χ0) is 27.7. The Kier molecular flexibility index (Phi) is 7.50. The third-order valence-electron chi connectivity index (χ3n) is 8.99. The van der Waals surface area contributed by atoms with E-state index in [1.165, 1.54) is 5.56 Å². The predicted molar refractivity (Wildman–Crippen MR) is 154 cm³/mol. The van der Waals surface area contributed by atoms with Crippen LogP contribution in [0.2, 0.25) is 0 Å². The summed E-state index contributed by atoms with van der Waals surface area (Å²) in [5.74, 6) is -2.84. The van der Waals surface area contributed by atoms with Gasteiger partial charge in [-0.15, -0.1) is 0 Å². The number of aryl methyl sites for hydroxylation is 1. The number of nitriles is 1. The maximum atomic E-state index is 15.4. The number of nitrogens with one attached hydrogen (secondary N) is 1. The van der Waals surface area contributed by atoms with Crippen molar-refractivity contribution in [1.29, 1.82) is 5.26 Å². The number of hydrogen-bond donors (Lipinski definition) is 1. The summed E-state index contributed by atoms with van der Waals surface area (Å²) in [6.07, 6.45) is 9.09. The fraction of sp³-hybridized carbons (Fsp3) is 0.515. The first-order valence-electron chi connectivity index (χ1n) is 14.7. The highest BCUT2D eigenvalue weighted by atomic mass is 19.3. The average Bonchev–Trinajstić information content (AvgIpc) is 3.74. The van der Waals surface area contributed by atoms with Crippen LogP contribution in [0.1, 0.15) is 73.7 Å². The van der Waals surface area contributed by atoms with Crippen LogP contribution in [0, 0.1) is 17.2 Å². The number of rotatable bonds is 1. The highest BCUT2D eigenvalue weighted by Gasteiger charge is 2.45. The quantitative estimate of drug-likeness (QED) is 0.353. The number of hydrogen-bond acceptors (Lipinski definition) is 5. The van der Waals surface area contributed by atoms with Gasteiger partial charge in [0.25, 0.3) is 5.92 Å². The minimum absolute atomic E-state index is 0.0247. The first-order valence-corrected chi connectivity index (χ1v) is 14.7. The SMILES string of the molecule is CC1Nc2cncc3c(cc(C4(C#N)CC4)cc23)CCCOCCCCN2CC(C2)CC(F)(F)c2cccc1c2. The number of ether oxygens (including phenoxy) is 1. The van der Waals surface area contributed by atoms with Gasteiger partial charge in [-0.05, 0) is 86.7 Å². The Bertz CT molecular complexity index is 1410. The molecule has 5 nitrogen and oxygen atoms in total. The van der Waals surface area contributed by atoms with Crippen LogP contribution >= 0.6 is 0 Å². The molecule has 0 radical (unpaired) electrons. The van der Waals surface area contributed by atoms with Crippen LogP contribution in [0.4, 0.5) is 14.5 Å². The molecule has 8 bridgehead atoms. The third-order valence-corrected chi connectivity index (χ3v) is 8.99. The van der Waals surface area contributed by atoms with Crippen molar-refractivity contribution in [1.82, 2.24) is 9.88 Å². The zero-order valence-electron chi connectivity index (χ0n) is 23.3. The smallest absolute Gasteiger partial charge is 0.273 e. The molecule has 1 atom stereocenters. The van der Waals surface area contributed by atoms with E-state index >= 15 is 8.78 Å². The zero-order valence-corrected chi connectivity index (χ0v) is 23.3. The normalized spacial score (nSPS) is 26.4. The first-order chi connectivity index (χ1) is 19.4. The van der Waals surface area contributed by atoms with E-state index in [0.717, 1.165) is 92.4 Å². The number of nitrogens with zero attached hydrogens (tertiary/aromatic N) is 3. The molecule has 1 aliphatic carbocycles. The summed E-state index contributed by atoms with van der Waals surface area (Å²) in [6.45, 7) is 5.85. The van der Waals surface area contributed by atoms with Gasteiger partial charge in [0.2, 0.25) is 0 Å². The van der Waals surface area contributed by atoms with Gasteiger partial charge in [-0.2, -0.15) is 5.26 Å². The van der Waals surface area contributed by atoms with Crippen LogP contribution in [0.25, 0.3) is 10.8 Å². The molecular formula is C33H38F2N4O. The first kappa shape index (κ1) is 27.1. The summed E-state index contributed by atoms with van der Waals surface area (Å²) >= 11 is 0. The number of halogens is 2. The second-order valence-electron chi connectivity index (χ2n) is 12.1. The molecule has 3 aromatic rings. The summed E-state index contributed by atoms with van der Waals surface area (Å²) in [6, 6.07) is 13.5. The molecule has 1 saturated carbocycles. The molecule has 4 heterocycles. The fourth-order valence-electron chi connectivity index (χ4n) is 6.36. The molecule has 2 fully saturated rings. The molecule has 1 unspecified atom stereocenters. The van der Waals surface area contributed by atoms with Crippen molar-refractivity contribution in [2.45, 2.75) is 69.2 Å². The molecule has 0 spiro atoms. The lowest BCUT2D eigenvalue weighted by Crippen LogP contribution is -2.48. The predicted octanol–water partition coefficient (Wildman–Crippen LogP) is 7.12. The molecule has 1 saturated heterocycles. The van der Waals surface area contributed by atoms with Gasteiger partial charge in [-0.25, -0.2) is 8.78 Å². The van der Waals surface area contributed by atoms with Gasteiger partial charge in [0.15, 0.2) is 0 Å². The highest BCUT2D eigenvalue weighted by Crippen LogP contribution is 2.49. The Morgan fingerprint density at radius 1 is 1.02 bits per heavy atom. The van der Waals surface area contributed by atoms with E-state index in [9.17, 15) is 5.26 Å². The molecule has 2 aromatic carbocycles. The minimum atomic E-state index is -2.86. The van der Waals surface area contributed by atoms with Crippen LogP contribution in [-0.4, -0.2) is 42.7 Å². The summed E-state index contributed by atoms with van der Waals surface area (Å²) in [5.41, 5.74) is 3.58. The lowest BCUT2D eigenvalue weighted by molar-refractivity contribution is -0.0570. The maximum Gasteiger partial charge on any atom is 0.273 e. The van der Waals surface area contributed by atoms with Crippen LogP contribution < -0.4 is 5.32 Å². The van der Waals surface area contributed by atoms with E-state index in [4.69, 9.17) is 4.74 Å². The minimum Gasteiger partial charge on any atom is -0.381 e. The molecule has 7 rings (SSSR count). The monoisotopic (exact) mass is 544 g/mol. The van der Waals surface area contributed by atoms with Crippen LogP contribution in [0.5, 0.6) is 0 Å². The van der Waals surface area contributed by atoms with Gasteiger partial charge >= 0.3 is 0 Å². The Labute approximate surface area is 235 Å². The average molecular weight is 545 g/mol. The molecule has 7 heteroatoms. The van der Waals surface area contributed by atoms with Gasteiger partial charge in [0.05, 0.1) is 23.4 Å². The summed E-state index contributed by atoms with van der Waals surface area (Å²) in [5, 5.41) is 15.6. The standard InChI is InChI=1S/C33H38F2N4O/c1-23-25-6-4-8-27(14-25)33(34,35)17-24-20-39(21-24)11-2-3-12-40-13-5-7-26-15-28(32(22-36)9-10-32)16-29-30(26)18-37-19-31(29)38-23/h4,6,8,14-16,18-19,23-24,38H,2-3,5,7,9-13,17,20-21H2,1H3. The van der Waals surface area contributed by atoms with Crippen molar-refractivity contribution in [2.75, 3.05) is 38.2 Å². The largest absolute Gasteiger partial charge is 0.381 e. The second kappa shape index (κ2) is 11.1. The molecule has 40 heavy (non-hydrogen) atoms. The number of alkyl halides is 2. The lowest BCUT2D eigenvalue weighted by atomic mass is 9.89. The highest BCUT2D eigenvalue weighted by molar-refractivity contribution is 5.96. The Hall–Kier alpha value is -3.08. The van der Waals surface area contributed by atoms with Crippen molar-refractivity contribution < 1.29 is 13.5 Å². The van der Waals surface area contributed by atoms with Crippen molar-refractivity contribution in [3.05, 3.63) is 71.0 Å². The van der Waals surface area contributed by atoms with E-state index in [2.05, 4.69) is 33.4 Å². The van der Waals surface area contributed by atoms with Crippen LogP contribution in [0.15, 0.2) is 48.8 Å². The van der Waals surface area contributed by atoms with Gasteiger partial charge in [0, 0.05) is 61.3 Å². The second-order valence-corrected chi connectivity index (χ2v) is 12.1. The van der Waals surface area contributed by atoms with E-state index in [1.807, 2.05) is 19.2 Å². The summed E-state index contributed by atoms with van der Waals surface area (Å²) in [4.78, 5) is 6.82. The molecule has 4 aliphatic rings. The van der Waals surface area contributed by atoms with Crippen molar-refractivity contribution in [3.63, 3.8) is 0 Å². The Morgan fingerprint density at radius 3 is 2.65 bits per heavy atom. The van der Waals surface area contributed by atoms with E-state index in [-0.39, 0.29) is 23.9 Å². The Morgan fingerprint density at radius 2 is 1.85 bits per heavy atom. The number of benzene rings is 2. The molecular weight excluding hydrogens is 506 g/mol. The van der Waals surface area contributed by atoms with Crippen LogP contribution in [-0.2, 0) is 22.5 Å². The number of pyridine rings is 1. The van der Waals surface area contributed by atoms with Crippen LogP contribution in [0.3, 0.4) is 0 Å². The maximum absolute atomic E-state index is 15.4. The Balaban J connectivity index is 1.34. The van der Waals surface area contributed by atoms with Gasteiger partial charge in [-0.3, -0.25) is 4.98 Å². The van der Waals surface area contributed by atoms with Gasteiger partial charge < -0.3 is 15.0 Å². The molecule has 210 valence electrons. The number of aromatic nitrogens is 1. The van der Waals surface area contributed by atoms with Gasteiger partial charge in [0.1, 0.15) is 0 Å². The number of anilines is 1. The van der Waals surface area contributed by atoms with Gasteiger partial charge in [-0.1, -0.05) is 24.3 Å². The molecule has 3 aliphatic heterocycles. The number of fused-ring (bicyclic) bond motifs is 9. The van der Waals surface area contributed by atoms with Crippen molar-refractivity contribution in [2.24, 2.45) is 5.92 Å². The molecule has 1 N–H and O–H groups in total. The van der Waals surface area contributed by atoms with E-state index in [0.29, 0.717) is 6.61 Å². The summed E-state index contributed by atoms with van der Waals surface area (Å²) in [7, 11) is 0. The summed E-state index contributed by atoms with van der Waals surface area (Å²) < 4.78 is 36.7. The van der Waals surface area contributed by atoms with Crippen molar-refractivity contribution >= 4 is 16.5 Å². The van der Waals surface area contributed by atoms with E-state index < -0.39 is 11.3 Å². The third kappa shape index (κ3) is 5.57.